The van der Waals surface area contributed by atoms with E-state index in [1.54, 1.807) is 18.2 Å². The van der Waals surface area contributed by atoms with Crippen LogP contribution in [0.15, 0.2) is 42.5 Å². The lowest BCUT2D eigenvalue weighted by Gasteiger charge is -2.23. The van der Waals surface area contributed by atoms with Crippen molar-refractivity contribution in [1.29, 1.82) is 0 Å². The standard InChI is InChI=1S/C20H22Cl2FN3O/c21-17-3-1-4-18(22)20(17)24-19(27)9-12-25-10-2-11-26(14-13-25)16-7-5-15(23)6-8-16/h1,3-8H,2,9-14H2,(H,24,27). The molecule has 7 heteroatoms. The number of amides is 1. The van der Waals surface area contributed by atoms with Crippen LogP contribution in [0.1, 0.15) is 12.8 Å². The molecule has 1 amide bonds. The average Bonchev–Trinajstić information content (AvgIpc) is 2.89. The SMILES string of the molecule is O=C(CCN1CCCN(c2ccc(F)cc2)CC1)Nc1c(Cl)cccc1Cl. The molecule has 2 aromatic rings. The molecule has 1 aliphatic rings. The van der Waals surface area contributed by atoms with Gasteiger partial charge < -0.3 is 15.1 Å². The molecule has 0 spiro atoms. The van der Waals surface area contributed by atoms with Crippen LogP contribution in [0, 0.1) is 5.82 Å². The number of carbonyl (C=O) groups is 1. The normalized spacial score (nSPS) is 15.4. The van der Waals surface area contributed by atoms with Crippen LogP contribution in [0.5, 0.6) is 0 Å². The molecular formula is C20H22Cl2FN3O. The van der Waals surface area contributed by atoms with Gasteiger partial charge in [-0.25, -0.2) is 4.39 Å². The van der Waals surface area contributed by atoms with Crippen LogP contribution in [0.25, 0.3) is 0 Å². The van der Waals surface area contributed by atoms with Crippen molar-refractivity contribution >= 4 is 40.5 Å². The maximum absolute atomic E-state index is 13.1. The maximum atomic E-state index is 13.1. The summed E-state index contributed by atoms with van der Waals surface area (Å²) in [6.07, 6.45) is 1.37. The highest BCUT2D eigenvalue weighted by molar-refractivity contribution is 6.39. The second-order valence-electron chi connectivity index (χ2n) is 6.55. The summed E-state index contributed by atoms with van der Waals surface area (Å²) in [6.45, 7) is 4.23. The van der Waals surface area contributed by atoms with E-state index >= 15 is 0 Å². The maximum Gasteiger partial charge on any atom is 0.225 e. The van der Waals surface area contributed by atoms with Gasteiger partial charge in [0.05, 0.1) is 15.7 Å². The lowest BCUT2D eigenvalue weighted by molar-refractivity contribution is -0.116. The Morgan fingerprint density at radius 2 is 1.70 bits per heavy atom. The van der Waals surface area contributed by atoms with E-state index in [1.165, 1.54) is 12.1 Å². The van der Waals surface area contributed by atoms with Gasteiger partial charge in [0.15, 0.2) is 0 Å². The molecule has 4 nitrogen and oxygen atoms in total. The zero-order chi connectivity index (χ0) is 19.2. The minimum absolute atomic E-state index is 0.107. The Hall–Kier alpha value is -1.82. The van der Waals surface area contributed by atoms with Gasteiger partial charge in [-0.1, -0.05) is 29.3 Å². The molecule has 144 valence electrons. The Labute approximate surface area is 168 Å². The molecule has 1 heterocycles. The van der Waals surface area contributed by atoms with Crippen LogP contribution < -0.4 is 10.2 Å². The van der Waals surface area contributed by atoms with E-state index in [1.807, 2.05) is 12.1 Å². The fourth-order valence-corrected chi connectivity index (χ4v) is 3.68. The Morgan fingerprint density at radius 3 is 2.41 bits per heavy atom. The van der Waals surface area contributed by atoms with E-state index in [0.717, 1.165) is 38.3 Å². The van der Waals surface area contributed by atoms with E-state index in [0.29, 0.717) is 28.7 Å². The lowest BCUT2D eigenvalue weighted by atomic mass is 10.2. The van der Waals surface area contributed by atoms with Gasteiger partial charge in [-0.3, -0.25) is 4.79 Å². The van der Waals surface area contributed by atoms with Gasteiger partial charge in [0.2, 0.25) is 5.91 Å². The van der Waals surface area contributed by atoms with Crippen molar-refractivity contribution in [2.75, 3.05) is 42.9 Å². The molecule has 1 saturated heterocycles. The number of nitrogens with one attached hydrogen (secondary N) is 1. The smallest absolute Gasteiger partial charge is 0.225 e. The fourth-order valence-electron chi connectivity index (χ4n) is 3.18. The number of benzene rings is 2. The average molecular weight is 410 g/mol. The van der Waals surface area contributed by atoms with Crippen LogP contribution in [-0.4, -0.2) is 43.5 Å². The molecule has 0 aliphatic carbocycles. The zero-order valence-electron chi connectivity index (χ0n) is 14.9. The molecule has 2 aromatic carbocycles. The molecule has 0 saturated carbocycles. The first-order valence-corrected chi connectivity index (χ1v) is 9.75. The number of anilines is 2. The molecule has 0 atom stereocenters. The predicted octanol–water partition coefficient (Wildman–Crippen LogP) is 4.67. The van der Waals surface area contributed by atoms with Crippen molar-refractivity contribution in [2.45, 2.75) is 12.8 Å². The van der Waals surface area contributed by atoms with Gasteiger partial charge in [-0.05, 0) is 49.4 Å². The van der Waals surface area contributed by atoms with E-state index < -0.39 is 0 Å². The van der Waals surface area contributed by atoms with Gasteiger partial charge in [0, 0.05) is 38.3 Å². The van der Waals surface area contributed by atoms with E-state index in [2.05, 4.69) is 15.1 Å². The summed E-state index contributed by atoms with van der Waals surface area (Å²) in [5, 5.41) is 3.66. The summed E-state index contributed by atoms with van der Waals surface area (Å²) in [5.74, 6) is -0.329. The highest BCUT2D eigenvalue weighted by Crippen LogP contribution is 2.29. The summed E-state index contributed by atoms with van der Waals surface area (Å²) in [5.41, 5.74) is 1.49. The monoisotopic (exact) mass is 409 g/mol. The van der Waals surface area contributed by atoms with Gasteiger partial charge >= 0.3 is 0 Å². The minimum atomic E-state index is -0.222. The first-order valence-electron chi connectivity index (χ1n) is 8.99. The summed E-state index contributed by atoms with van der Waals surface area (Å²) in [4.78, 5) is 16.8. The number of hydrogen-bond donors (Lipinski definition) is 1. The Balaban J connectivity index is 1.49. The van der Waals surface area contributed by atoms with E-state index in [9.17, 15) is 9.18 Å². The van der Waals surface area contributed by atoms with Gasteiger partial charge in [-0.15, -0.1) is 0 Å². The van der Waals surface area contributed by atoms with Crippen molar-refractivity contribution in [1.82, 2.24) is 4.90 Å². The van der Waals surface area contributed by atoms with Gasteiger partial charge in [-0.2, -0.15) is 0 Å². The zero-order valence-corrected chi connectivity index (χ0v) is 16.4. The molecule has 1 N–H and O–H groups in total. The number of hydrogen-bond acceptors (Lipinski definition) is 3. The largest absolute Gasteiger partial charge is 0.370 e. The molecule has 27 heavy (non-hydrogen) atoms. The number of nitrogens with zero attached hydrogens (tertiary/aromatic N) is 2. The van der Waals surface area contributed by atoms with Crippen LogP contribution in [0.4, 0.5) is 15.8 Å². The van der Waals surface area contributed by atoms with Crippen molar-refractivity contribution in [3.63, 3.8) is 0 Å². The summed E-state index contributed by atoms with van der Waals surface area (Å²) >= 11 is 12.2. The molecule has 1 aliphatic heterocycles. The predicted molar refractivity (Wildman–Crippen MR) is 109 cm³/mol. The second-order valence-corrected chi connectivity index (χ2v) is 7.37. The lowest BCUT2D eigenvalue weighted by Crippen LogP contribution is -2.32. The topological polar surface area (TPSA) is 35.6 Å². The third-order valence-corrected chi connectivity index (χ3v) is 5.29. The van der Waals surface area contributed by atoms with Crippen LogP contribution in [-0.2, 0) is 4.79 Å². The van der Waals surface area contributed by atoms with Crippen molar-refractivity contribution in [3.8, 4) is 0 Å². The van der Waals surface area contributed by atoms with Gasteiger partial charge in [0.25, 0.3) is 0 Å². The third kappa shape index (κ3) is 5.58. The minimum Gasteiger partial charge on any atom is -0.370 e. The molecule has 3 rings (SSSR count). The second kappa shape index (κ2) is 9.40. The number of carbonyl (C=O) groups excluding carboxylic acids is 1. The first-order chi connectivity index (χ1) is 13.0. The fraction of sp³-hybridized carbons (Fsp3) is 0.350. The summed E-state index contributed by atoms with van der Waals surface area (Å²) in [6, 6.07) is 11.7. The molecular weight excluding hydrogens is 388 g/mol. The number of halogens is 3. The Bertz CT molecular complexity index is 765. The highest BCUT2D eigenvalue weighted by atomic mass is 35.5. The molecule has 0 bridgehead atoms. The van der Waals surface area contributed by atoms with E-state index in [-0.39, 0.29) is 11.7 Å². The van der Waals surface area contributed by atoms with Crippen LogP contribution >= 0.6 is 23.2 Å². The molecule has 1 fully saturated rings. The molecule has 0 aromatic heterocycles. The number of para-hydroxylation sites is 1. The quantitative estimate of drug-likeness (QED) is 0.778. The Morgan fingerprint density at radius 1 is 1.00 bits per heavy atom. The highest BCUT2D eigenvalue weighted by Gasteiger charge is 2.17. The van der Waals surface area contributed by atoms with E-state index in [4.69, 9.17) is 23.2 Å². The van der Waals surface area contributed by atoms with Crippen LogP contribution in [0.2, 0.25) is 10.0 Å². The van der Waals surface area contributed by atoms with Gasteiger partial charge in [0.1, 0.15) is 5.82 Å². The third-order valence-electron chi connectivity index (χ3n) is 4.66. The van der Waals surface area contributed by atoms with Crippen molar-refractivity contribution < 1.29 is 9.18 Å². The summed E-state index contributed by atoms with van der Waals surface area (Å²) < 4.78 is 13.1. The summed E-state index contributed by atoms with van der Waals surface area (Å²) in [7, 11) is 0. The first kappa shape index (κ1) is 19.9. The molecule has 0 radical (unpaired) electrons. The number of rotatable bonds is 5. The van der Waals surface area contributed by atoms with Crippen molar-refractivity contribution in [3.05, 3.63) is 58.3 Å². The Kier molecular flexibility index (Phi) is 6.94. The van der Waals surface area contributed by atoms with Crippen molar-refractivity contribution in [2.24, 2.45) is 0 Å². The molecule has 0 unspecified atom stereocenters. The van der Waals surface area contributed by atoms with Crippen LogP contribution in [0.3, 0.4) is 0 Å².